The van der Waals surface area contributed by atoms with E-state index >= 15 is 0 Å². The Bertz CT molecular complexity index is 306. The van der Waals surface area contributed by atoms with Crippen LogP contribution < -0.4 is 5.32 Å². The van der Waals surface area contributed by atoms with Crippen LogP contribution in [-0.2, 0) is 0 Å². The first-order valence-corrected chi connectivity index (χ1v) is 6.42. The van der Waals surface area contributed by atoms with Crippen molar-refractivity contribution in [1.29, 1.82) is 0 Å². The number of hydrogen-bond donors (Lipinski definition) is 1. The molecule has 2 heteroatoms. The lowest BCUT2D eigenvalue weighted by atomic mass is 9.81. The molecule has 16 heavy (non-hydrogen) atoms. The van der Waals surface area contributed by atoms with Crippen LogP contribution in [0.4, 0.5) is 0 Å². The minimum atomic E-state index is 0.358. The number of hydrogen-bond acceptors (Lipinski definition) is 2. The van der Waals surface area contributed by atoms with Gasteiger partial charge in [0.05, 0.1) is 5.69 Å². The number of nitrogens with one attached hydrogen (secondary N) is 1. The molecule has 2 atom stereocenters. The average Bonchev–Trinajstić information content (AvgIpc) is 2.25. The number of nitrogens with zero attached hydrogens (tertiary/aromatic N) is 1. The molecule has 0 saturated heterocycles. The standard InChI is InChI=1S/C14H22N2/c1-11(10-13-6-5-7-13)16-12(2)14-8-3-4-9-15-14/h3-4,8-9,11-13,16H,5-7,10H2,1-2H3/t11?,12-/m1/s1. The third-order valence-corrected chi connectivity index (χ3v) is 3.58. The van der Waals surface area contributed by atoms with Gasteiger partial charge in [-0.3, -0.25) is 4.98 Å². The van der Waals surface area contributed by atoms with Crippen LogP contribution in [0, 0.1) is 5.92 Å². The summed E-state index contributed by atoms with van der Waals surface area (Å²) in [6, 6.07) is 7.07. The van der Waals surface area contributed by atoms with Crippen LogP contribution in [0.3, 0.4) is 0 Å². The van der Waals surface area contributed by atoms with Crippen molar-refractivity contribution in [3.63, 3.8) is 0 Å². The van der Waals surface area contributed by atoms with Crippen LogP contribution in [0.25, 0.3) is 0 Å². The quantitative estimate of drug-likeness (QED) is 0.820. The largest absolute Gasteiger partial charge is 0.306 e. The van der Waals surface area contributed by atoms with Crippen LogP contribution in [0.15, 0.2) is 24.4 Å². The normalized spacial score (nSPS) is 20.1. The molecule has 2 rings (SSSR count). The van der Waals surface area contributed by atoms with Crippen LogP contribution in [-0.4, -0.2) is 11.0 Å². The monoisotopic (exact) mass is 218 g/mol. The van der Waals surface area contributed by atoms with Gasteiger partial charge in [-0.15, -0.1) is 0 Å². The molecule has 1 saturated carbocycles. The molecule has 1 aromatic heterocycles. The molecule has 0 spiro atoms. The van der Waals surface area contributed by atoms with E-state index < -0.39 is 0 Å². The van der Waals surface area contributed by atoms with Gasteiger partial charge in [0.25, 0.3) is 0 Å². The van der Waals surface area contributed by atoms with Crippen LogP contribution in [0.5, 0.6) is 0 Å². The second-order valence-electron chi connectivity index (χ2n) is 5.08. The zero-order valence-corrected chi connectivity index (χ0v) is 10.3. The molecule has 0 radical (unpaired) electrons. The molecule has 0 aliphatic heterocycles. The number of pyridine rings is 1. The molecule has 0 bridgehead atoms. The SMILES string of the molecule is CC(CC1CCC1)N[C@H](C)c1ccccn1. The summed E-state index contributed by atoms with van der Waals surface area (Å²) in [5, 5.41) is 3.63. The van der Waals surface area contributed by atoms with Crippen LogP contribution in [0.1, 0.15) is 51.3 Å². The van der Waals surface area contributed by atoms with Gasteiger partial charge in [-0.25, -0.2) is 0 Å². The van der Waals surface area contributed by atoms with Gasteiger partial charge < -0.3 is 5.32 Å². The third-order valence-electron chi connectivity index (χ3n) is 3.58. The van der Waals surface area contributed by atoms with Gasteiger partial charge in [0.2, 0.25) is 0 Å². The minimum absolute atomic E-state index is 0.358. The van der Waals surface area contributed by atoms with Crippen molar-refractivity contribution in [2.75, 3.05) is 0 Å². The van der Waals surface area contributed by atoms with E-state index in [9.17, 15) is 0 Å². The predicted octanol–water partition coefficient (Wildman–Crippen LogP) is 3.31. The fourth-order valence-corrected chi connectivity index (χ4v) is 2.44. The summed E-state index contributed by atoms with van der Waals surface area (Å²) < 4.78 is 0. The van der Waals surface area contributed by atoms with Gasteiger partial charge in [-0.05, 0) is 38.3 Å². The lowest BCUT2D eigenvalue weighted by molar-refractivity contribution is 0.259. The van der Waals surface area contributed by atoms with E-state index in [-0.39, 0.29) is 0 Å². The van der Waals surface area contributed by atoms with E-state index in [1.807, 2.05) is 12.3 Å². The van der Waals surface area contributed by atoms with Crippen molar-refractivity contribution in [2.24, 2.45) is 5.92 Å². The maximum Gasteiger partial charge on any atom is 0.0570 e. The Balaban J connectivity index is 1.79. The van der Waals surface area contributed by atoms with Gasteiger partial charge in [-0.1, -0.05) is 25.3 Å². The van der Waals surface area contributed by atoms with Crippen molar-refractivity contribution < 1.29 is 0 Å². The van der Waals surface area contributed by atoms with Gasteiger partial charge in [0, 0.05) is 18.3 Å². The summed E-state index contributed by atoms with van der Waals surface area (Å²) in [5.74, 6) is 0.971. The lowest BCUT2D eigenvalue weighted by Gasteiger charge is -2.29. The Hall–Kier alpha value is -0.890. The molecule has 1 aliphatic rings. The molecular formula is C14H22N2. The zero-order chi connectivity index (χ0) is 11.4. The maximum absolute atomic E-state index is 4.38. The summed E-state index contributed by atoms with van der Waals surface area (Å²) in [6.07, 6.45) is 7.49. The third kappa shape index (κ3) is 3.05. The number of rotatable bonds is 5. The van der Waals surface area contributed by atoms with Crippen LogP contribution in [0.2, 0.25) is 0 Å². The highest BCUT2D eigenvalue weighted by Gasteiger charge is 2.20. The molecule has 1 unspecified atom stereocenters. The van der Waals surface area contributed by atoms with Gasteiger partial charge in [0.1, 0.15) is 0 Å². The van der Waals surface area contributed by atoms with Crippen molar-refractivity contribution in [3.8, 4) is 0 Å². The first-order valence-electron chi connectivity index (χ1n) is 6.42. The predicted molar refractivity (Wildman–Crippen MR) is 67.2 cm³/mol. The highest BCUT2D eigenvalue weighted by Crippen LogP contribution is 2.30. The van der Waals surface area contributed by atoms with E-state index in [4.69, 9.17) is 0 Å². The molecular weight excluding hydrogens is 196 g/mol. The van der Waals surface area contributed by atoms with Crippen molar-refractivity contribution in [3.05, 3.63) is 30.1 Å². The summed E-state index contributed by atoms with van der Waals surface area (Å²) in [4.78, 5) is 4.38. The van der Waals surface area contributed by atoms with Gasteiger partial charge in [0.15, 0.2) is 0 Å². The summed E-state index contributed by atoms with van der Waals surface area (Å²) >= 11 is 0. The molecule has 1 N–H and O–H groups in total. The Kier molecular flexibility index (Phi) is 3.94. The summed E-state index contributed by atoms with van der Waals surface area (Å²) in [6.45, 7) is 4.48. The topological polar surface area (TPSA) is 24.9 Å². The molecule has 1 aliphatic carbocycles. The Morgan fingerprint density at radius 2 is 2.19 bits per heavy atom. The molecule has 1 aromatic rings. The first kappa shape index (κ1) is 11.6. The Labute approximate surface area is 98.5 Å². The average molecular weight is 218 g/mol. The fourth-order valence-electron chi connectivity index (χ4n) is 2.44. The molecule has 0 amide bonds. The smallest absolute Gasteiger partial charge is 0.0570 e. The maximum atomic E-state index is 4.38. The molecule has 0 aromatic carbocycles. The minimum Gasteiger partial charge on any atom is -0.306 e. The lowest BCUT2D eigenvalue weighted by Crippen LogP contribution is -2.32. The summed E-state index contributed by atoms with van der Waals surface area (Å²) in [5.41, 5.74) is 1.14. The second-order valence-corrected chi connectivity index (χ2v) is 5.08. The van der Waals surface area contributed by atoms with Crippen molar-refractivity contribution in [2.45, 2.75) is 51.6 Å². The molecule has 1 fully saturated rings. The fraction of sp³-hybridized carbons (Fsp3) is 0.643. The van der Waals surface area contributed by atoms with Crippen LogP contribution >= 0.6 is 0 Å². The van der Waals surface area contributed by atoms with E-state index in [2.05, 4.69) is 36.3 Å². The van der Waals surface area contributed by atoms with E-state index in [1.165, 1.54) is 25.7 Å². The summed E-state index contributed by atoms with van der Waals surface area (Å²) in [7, 11) is 0. The zero-order valence-electron chi connectivity index (χ0n) is 10.3. The van der Waals surface area contributed by atoms with Gasteiger partial charge >= 0.3 is 0 Å². The van der Waals surface area contributed by atoms with E-state index in [1.54, 1.807) is 0 Å². The van der Waals surface area contributed by atoms with Gasteiger partial charge in [-0.2, -0.15) is 0 Å². The highest BCUT2D eigenvalue weighted by molar-refractivity contribution is 5.07. The van der Waals surface area contributed by atoms with Crippen molar-refractivity contribution >= 4 is 0 Å². The van der Waals surface area contributed by atoms with E-state index in [0.717, 1.165) is 11.6 Å². The second kappa shape index (κ2) is 5.44. The molecule has 2 nitrogen and oxygen atoms in total. The first-order chi connectivity index (χ1) is 7.75. The Morgan fingerprint density at radius 3 is 2.75 bits per heavy atom. The van der Waals surface area contributed by atoms with E-state index in [0.29, 0.717) is 12.1 Å². The molecule has 88 valence electrons. The highest BCUT2D eigenvalue weighted by atomic mass is 15.0. The van der Waals surface area contributed by atoms with Crippen molar-refractivity contribution in [1.82, 2.24) is 10.3 Å². The Morgan fingerprint density at radius 1 is 1.38 bits per heavy atom. The number of aromatic nitrogens is 1. The molecule has 1 heterocycles.